The minimum absolute atomic E-state index is 0.0267. The van der Waals surface area contributed by atoms with Gasteiger partial charge in [-0.2, -0.15) is 0 Å². The molecule has 152 valence electrons. The number of hydrogen-bond acceptors (Lipinski definition) is 5. The van der Waals surface area contributed by atoms with E-state index < -0.39 is 24.4 Å². The van der Waals surface area contributed by atoms with Crippen LogP contribution in [0.25, 0.3) is 0 Å². The summed E-state index contributed by atoms with van der Waals surface area (Å²) in [7, 11) is 1.50. The molecule has 2 amide bonds. The standard InChI is InChI=1S/C21H21ClN2O5/c1-13-15(22)6-5-8-17(13)24-11-14(10-20(24)26)21(27)29-12-19(25)23-16-7-3-4-9-18(16)28-2/h3-9,14H,10-12H2,1-2H3,(H,23,25)/t14-/m0/s1. The highest BCUT2D eigenvalue weighted by molar-refractivity contribution is 6.31. The van der Waals surface area contributed by atoms with E-state index in [1.54, 1.807) is 42.5 Å². The average Bonchev–Trinajstić information content (AvgIpc) is 3.10. The van der Waals surface area contributed by atoms with E-state index in [4.69, 9.17) is 21.1 Å². The van der Waals surface area contributed by atoms with Crippen LogP contribution in [0.5, 0.6) is 5.75 Å². The van der Waals surface area contributed by atoms with Crippen LogP contribution >= 0.6 is 11.6 Å². The van der Waals surface area contributed by atoms with E-state index in [0.717, 1.165) is 5.56 Å². The highest BCUT2D eigenvalue weighted by Gasteiger charge is 2.37. The molecule has 1 heterocycles. The third kappa shape index (κ3) is 4.68. The van der Waals surface area contributed by atoms with Crippen molar-refractivity contribution in [2.24, 2.45) is 5.92 Å². The molecule has 1 fully saturated rings. The Morgan fingerprint density at radius 1 is 1.21 bits per heavy atom. The maximum Gasteiger partial charge on any atom is 0.311 e. The summed E-state index contributed by atoms with van der Waals surface area (Å²) in [6.45, 7) is 1.56. The maximum absolute atomic E-state index is 12.4. The highest BCUT2D eigenvalue weighted by atomic mass is 35.5. The molecule has 7 nitrogen and oxygen atoms in total. The van der Waals surface area contributed by atoms with Crippen LogP contribution in [0.1, 0.15) is 12.0 Å². The molecular weight excluding hydrogens is 396 g/mol. The first-order valence-corrected chi connectivity index (χ1v) is 9.43. The SMILES string of the molecule is COc1ccccc1NC(=O)COC(=O)[C@H]1CC(=O)N(c2cccc(Cl)c2C)C1. The third-order valence-electron chi connectivity index (χ3n) is 4.71. The predicted octanol–water partition coefficient (Wildman–Crippen LogP) is 3.19. The van der Waals surface area contributed by atoms with Crippen LogP contribution < -0.4 is 15.0 Å². The minimum Gasteiger partial charge on any atom is -0.495 e. The number of para-hydroxylation sites is 2. The summed E-state index contributed by atoms with van der Waals surface area (Å²) in [5.41, 5.74) is 1.93. The molecule has 0 aromatic heterocycles. The van der Waals surface area contributed by atoms with Crippen LogP contribution in [0, 0.1) is 12.8 Å². The normalized spacial score (nSPS) is 15.9. The van der Waals surface area contributed by atoms with Gasteiger partial charge in [0.1, 0.15) is 5.75 Å². The monoisotopic (exact) mass is 416 g/mol. The summed E-state index contributed by atoms with van der Waals surface area (Å²) < 4.78 is 10.3. The Kier molecular flexibility index (Phi) is 6.39. The minimum atomic E-state index is -0.639. The van der Waals surface area contributed by atoms with E-state index >= 15 is 0 Å². The van der Waals surface area contributed by atoms with Crippen molar-refractivity contribution in [3.8, 4) is 5.75 Å². The Balaban J connectivity index is 1.57. The van der Waals surface area contributed by atoms with E-state index in [1.807, 2.05) is 6.92 Å². The van der Waals surface area contributed by atoms with E-state index in [1.165, 1.54) is 12.0 Å². The second-order valence-electron chi connectivity index (χ2n) is 6.65. The number of hydrogen-bond donors (Lipinski definition) is 1. The zero-order valence-corrected chi connectivity index (χ0v) is 16.9. The largest absolute Gasteiger partial charge is 0.495 e. The van der Waals surface area contributed by atoms with Gasteiger partial charge in [-0.05, 0) is 36.8 Å². The summed E-state index contributed by atoms with van der Waals surface area (Å²) in [4.78, 5) is 38.4. The Labute approximate surface area is 173 Å². The van der Waals surface area contributed by atoms with Gasteiger partial charge in [0.15, 0.2) is 6.61 Å². The summed E-state index contributed by atoms with van der Waals surface area (Å²) in [6.07, 6.45) is 0.0267. The molecule has 0 radical (unpaired) electrons. The summed E-state index contributed by atoms with van der Waals surface area (Å²) >= 11 is 6.13. The Morgan fingerprint density at radius 3 is 2.72 bits per heavy atom. The van der Waals surface area contributed by atoms with Crippen molar-refractivity contribution in [1.82, 2.24) is 0 Å². The Hall–Kier alpha value is -3.06. The van der Waals surface area contributed by atoms with Crippen LogP contribution in [0.15, 0.2) is 42.5 Å². The fraction of sp³-hybridized carbons (Fsp3) is 0.286. The molecule has 8 heteroatoms. The number of nitrogens with zero attached hydrogens (tertiary/aromatic N) is 1. The number of anilines is 2. The highest BCUT2D eigenvalue weighted by Crippen LogP contribution is 2.31. The van der Waals surface area contributed by atoms with Crippen LogP contribution in [0.3, 0.4) is 0 Å². The van der Waals surface area contributed by atoms with Crippen LogP contribution in [0.4, 0.5) is 11.4 Å². The second-order valence-corrected chi connectivity index (χ2v) is 7.05. The van der Waals surface area contributed by atoms with Crippen molar-refractivity contribution in [3.63, 3.8) is 0 Å². The van der Waals surface area contributed by atoms with Gasteiger partial charge in [-0.3, -0.25) is 14.4 Å². The molecule has 1 aliphatic rings. The van der Waals surface area contributed by atoms with Gasteiger partial charge in [0, 0.05) is 23.7 Å². The first-order chi connectivity index (χ1) is 13.9. The summed E-state index contributed by atoms with van der Waals surface area (Å²) in [6, 6.07) is 12.2. The van der Waals surface area contributed by atoms with Crippen LogP contribution in [-0.4, -0.2) is 38.0 Å². The van der Waals surface area contributed by atoms with Gasteiger partial charge in [0.05, 0.1) is 18.7 Å². The lowest BCUT2D eigenvalue weighted by Gasteiger charge is -2.19. The fourth-order valence-electron chi connectivity index (χ4n) is 3.18. The predicted molar refractivity (Wildman–Crippen MR) is 109 cm³/mol. The third-order valence-corrected chi connectivity index (χ3v) is 5.12. The van der Waals surface area contributed by atoms with Gasteiger partial charge in [-0.25, -0.2) is 0 Å². The number of ether oxygens (including phenoxy) is 2. The number of rotatable bonds is 6. The second kappa shape index (κ2) is 8.96. The van der Waals surface area contributed by atoms with Gasteiger partial charge >= 0.3 is 5.97 Å². The summed E-state index contributed by atoms with van der Waals surface area (Å²) in [5.74, 6) is -1.40. The molecule has 0 spiro atoms. The molecule has 2 aromatic rings. The first-order valence-electron chi connectivity index (χ1n) is 9.05. The molecule has 1 atom stereocenters. The van der Waals surface area contributed by atoms with Gasteiger partial charge in [0.2, 0.25) is 5.91 Å². The van der Waals surface area contributed by atoms with Crippen molar-refractivity contribution in [1.29, 1.82) is 0 Å². The van der Waals surface area contributed by atoms with Crippen LogP contribution in [-0.2, 0) is 19.1 Å². The van der Waals surface area contributed by atoms with E-state index in [-0.39, 0.29) is 18.9 Å². The molecule has 29 heavy (non-hydrogen) atoms. The lowest BCUT2D eigenvalue weighted by atomic mass is 10.1. The number of benzene rings is 2. The fourth-order valence-corrected chi connectivity index (χ4v) is 3.35. The van der Waals surface area contributed by atoms with Gasteiger partial charge in [-0.15, -0.1) is 0 Å². The Morgan fingerprint density at radius 2 is 1.97 bits per heavy atom. The first kappa shape index (κ1) is 20.7. The van der Waals surface area contributed by atoms with E-state index in [2.05, 4.69) is 5.32 Å². The topological polar surface area (TPSA) is 84.9 Å². The van der Waals surface area contributed by atoms with Gasteiger partial charge in [0.25, 0.3) is 5.91 Å². The molecule has 2 aromatic carbocycles. The zero-order chi connectivity index (χ0) is 21.0. The molecule has 3 rings (SSSR count). The van der Waals surface area contributed by atoms with Crippen LogP contribution in [0.2, 0.25) is 5.02 Å². The van der Waals surface area contributed by atoms with E-state index in [9.17, 15) is 14.4 Å². The Bertz CT molecular complexity index is 946. The molecule has 0 unspecified atom stereocenters. The van der Waals surface area contributed by atoms with Gasteiger partial charge < -0.3 is 19.7 Å². The lowest BCUT2D eigenvalue weighted by molar-refractivity contribution is -0.151. The molecule has 0 saturated carbocycles. The number of halogens is 1. The number of amides is 2. The number of methoxy groups -OCH3 is 1. The van der Waals surface area contributed by atoms with Gasteiger partial charge in [-0.1, -0.05) is 29.8 Å². The number of carbonyl (C=O) groups excluding carboxylic acids is 3. The van der Waals surface area contributed by atoms with Crippen molar-refractivity contribution in [2.45, 2.75) is 13.3 Å². The number of carbonyl (C=O) groups is 3. The van der Waals surface area contributed by atoms with E-state index in [0.29, 0.717) is 22.1 Å². The quantitative estimate of drug-likeness (QED) is 0.731. The molecule has 1 N–H and O–H groups in total. The van der Waals surface area contributed by atoms with Crippen molar-refractivity contribution in [3.05, 3.63) is 53.1 Å². The smallest absolute Gasteiger partial charge is 0.311 e. The molecule has 1 saturated heterocycles. The maximum atomic E-state index is 12.4. The average molecular weight is 417 g/mol. The number of esters is 1. The molecule has 1 aliphatic heterocycles. The lowest BCUT2D eigenvalue weighted by Crippen LogP contribution is -2.28. The zero-order valence-electron chi connectivity index (χ0n) is 16.1. The van der Waals surface area contributed by atoms with Crippen molar-refractivity contribution >= 4 is 40.8 Å². The van der Waals surface area contributed by atoms with Crippen molar-refractivity contribution in [2.75, 3.05) is 30.5 Å². The molecule has 0 bridgehead atoms. The molecule has 0 aliphatic carbocycles. The molecular formula is C21H21ClN2O5. The number of nitrogens with one attached hydrogen (secondary N) is 1. The van der Waals surface area contributed by atoms with Crippen molar-refractivity contribution < 1.29 is 23.9 Å². The summed E-state index contributed by atoms with van der Waals surface area (Å²) in [5, 5.41) is 3.18.